The fourth-order valence-corrected chi connectivity index (χ4v) is 6.90. The molecule has 180 valence electrons. The summed E-state index contributed by atoms with van der Waals surface area (Å²) in [6, 6.07) is 5.59. The Bertz CT molecular complexity index is 1220. The van der Waals surface area contributed by atoms with Crippen molar-refractivity contribution in [2.75, 3.05) is 73.7 Å². The summed E-state index contributed by atoms with van der Waals surface area (Å²) in [5.41, 5.74) is 3.85. The number of hydrogen-bond acceptors (Lipinski definition) is 8. The molecule has 0 aliphatic carbocycles. The quantitative estimate of drug-likeness (QED) is 0.624. The first-order chi connectivity index (χ1) is 16.5. The summed E-state index contributed by atoms with van der Waals surface area (Å²) in [5, 5.41) is 8.46. The van der Waals surface area contributed by atoms with Gasteiger partial charge in [0.15, 0.2) is 5.82 Å². The molecule has 0 atom stereocenters. The predicted octanol–water partition coefficient (Wildman–Crippen LogP) is 0.659. The lowest BCUT2D eigenvalue weighted by atomic mass is 10.00. The van der Waals surface area contributed by atoms with Gasteiger partial charge in [0.05, 0.1) is 35.7 Å². The Morgan fingerprint density at radius 3 is 2.32 bits per heavy atom. The summed E-state index contributed by atoms with van der Waals surface area (Å²) >= 11 is 0. The molecule has 4 aliphatic heterocycles. The summed E-state index contributed by atoms with van der Waals surface area (Å²) in [7, 11) is -3.60. The highest BCUT2D eigenvalue weighted by Crippen LogP contribution is 2.39. The number of carbonyl (C=O) groups is 1. The lowest BCUT2D eigenvalue weighted by molar-refractivity contribution is -0.118. The van der Waals surface area contributed by atoms with Gasteiger partial charge in [0.1, 0.15) is 0 Å². The molecule has 0 spiro atoms. The second-order valence-electron chi connectivity index (χ2n) is 9.15. The van der Waals surface area contributed by atoms with Gasteiger partial charge in [-0.1, -0.05) is 0 Å². The number of hydrogen-bond donors (Lipinski definition) is 0. The van der Waals surface area contributed by atoms with E-state index in [0.29, 0.717) is 70.1 Å². The van der Waals surface area contributed by atoms with Crippen molar-refractivity contribution in [3.63, 3.8) is 0 Å². The van der Waals surface area contributed by atoms with Gasteiger partial charge in [-0.3, -0.25) is 4.79 Å². The highest BCUT2D eigenvalue weighted by atomic mass is 32.2. The van der Waals surface area contributed by atoms with Crippen molar-refractivity contribution in [2.45, 2.75) is 24.2 Å². The van der Waals surface area contributed by atoms with Crippen molar-refractivity contribution in [2.24, 2.45) is 0 Å². The lowest BCUT2D eigenvalue weighted by Gasteiger charge is -2.36. The van der Waals surface area contributed by atoms with E-state index in [1.165, 1.54) is 0 Å². The number of amides is 1. The van der Waals surface area contributed by atoms with Crippen LogP contribution in [0.15, 0.2) is 29.3 Å². The molecule has 1 aromatic carbocycles. The van der Waals surface area contributed by atoms with Crippen molar-refractivity contribution in [3.8, 4) is 0 Å². The van der Waals surface area contributed by atoms with Crippen molar-refractivity contribution >= 4 is 33.1 Å². The van der Waals surface area contributed by atoms with Crippen molar-refractivity contribution in [1.82, 2.24) is 14.5 Å². The Hall–Kier alpha value is -2.76. The first-order valence-corrected chi connectivity index (χ1v) is 13.3. The van der Waals surface area contributed by atoms with Gasteiger partial charge in [-0.2, -0.15) is 9.40 Å². The summed E-state index contributed by atoms with van der Waals surface area (Å²) in [4.78, 5) is 18.7. The van der Waals surface area contributed by atoms with Crippen molar-refractivity contribution < 1.29 is 17.9 Å². The second kappa shape index (κ2) is 8.47. The Kier molecular flexibility index (Phi) is 5.42. The largest absolute Gasteiger partial charge is 0.378 e. The van der Waals surface area contributed by atoms with Crippen LogP contribution in [0.1, 0.15) is 17.5 Å². The number of morpholine rings is 1. The van der Waals surface area contributed by atoms with Gasteiger partial charge in [0.25, 0.3) is 0 Å². The molecule has 34 heavy (non-hydrogen) atoms. The Morgan fingerprint density at radius 2 is 1.56 bits per heavy atom. The second-order valence-corrected chi connectivity index (χ2v) is 11.1. The Labute approximate surface area is 199 Å². The maximum atomic E-state index is 13.5. The molecule has 0 bridgehead atoms. The fraction of sp³-hybridized carbons (Fsp3) is 0.522. The van der Waals surface area contributed by atoms with Crippen LogP contribution < -0.4 is 14.7 Å². The number of aryl methyl sites for hydroxylation is 1. The van der Waals surface area contributed by atoms with Gasteiger partial charge in [-0.05, 0) is 36.1 Å². The van der Waals surface area contributed by atoms with Crippen LogP contribution in [0, 0.1) is 0 Å². The molecule has 1 amide bonds. The maximum Gasteiger partial charge on any atom is 0.243 e. The predicted molar refractivity (Wildman–Crippen MR) is 127 cm³/mol. The normalized spacial score (nSPS) is 21.2. The van der Waals surface area contributed by atoms with E-state index >= 15 is 0 Å². The zero-order valence-electron chi connectivity index (χ0n) is 19.0. The van der Waals surface area contributed by atoms with Crippen LogP contribution in [-0.4, -0.2) is 87.9 Å². The summed E-state index contributed by atoms with van der Waals surface area (Å²) < 4.78 is 34.0. The van der Waals surface area contributed by atoms with Crippen LogP contribution >= 0.6 is 0 Å². The summed E-state index contributed by atoms with van der Waals surface area (Å²) in [5.74, 6) is 0.968. The molecule has 4 aliphatic rings. The van der Waals surface area contributed by atoms with E-state index in [1.54, 1.807) is 22.6 Å². The lowest BCUT2D eigenvalue weighted by Crippen LogP contribution is -2.48. The Balaban J connectivity index is 1.18. The molecule has 1 aromatic heterocycles. The van der Waals surface area contributed by atoms with E-state index in [1.807, 2.05) is 11.0 Å². The summed E-state index contributed by atoms with van der Waals surface area (Å²) in [6.45, 7) is 5.60. The minimum atomic E-state index is -3.60. The van der Waals surface area contributed by atoms with Crippen molar-refractivity contribution in [1.29, 1.82) is 0 Å². The van der Waals surface area contributed by atoms with Crippen LogP contribution in [0.25, 0.3) is 0 Å². The molecule has 0 N–H and O–H groups in total. The molecule has 6 rings (SSSR count). The molecule has 10 nitrogen and oxygen atoms in total. The monoisotopic (exact) mass is 484 g/mol. The van der Waals surface area contributed by atoms with Crippen molar-refractivity contribution in [3.05, 3.63) is 35.5 Å². The minimum absolute atomic E-state index is 0.139. The number of ether oxygens (including phenoxy) is 1. The first kappa shape index (κ1) is 21.8. The van der Waals surface area contributed by atoms with Crippen LogP contribution in [0.2, 0.25) is 0 Å². The van der Waals surface area contributed by atoms with E-state index in [9.17, 15) is 13.2 Å². The molecule has 11 heteroatoms. The molecule has 2 fully saturated rings. The third-order valence-electron chi connectivity index (χ3n) is 7.23. The molecule has 2 saturated heterocycles. The fourth-order valence-electron chi connectivity index (χ4n) is 5.38. The average molecular weight is 485 g/mol. The molecule has 0 radical (unpaired) electrons. The van der Waals surface area contributed by atoms with E-state index in [4.69, 9.17) is 4.74 Å². The Morgan fingerprint density at radius 1 is 0.824 bits per heavy atom. The molecular formula is C23H28N6O4S. The number of carbonyl (C=O) groups excluding carboxylic acids is 1. The van der Waals surface area contributed by atoms with E-state index < -0.39 is 10.0 Å². The number of rotatable bonds is 4. The zero-order chi connectivity index (χ0) is 23.3. The number of aromatic nitrogens is 2. The first-order valence-electron chi connectivity index (χ1n) is 11.9. The van der Waals surface area contributed by atoms with Gasteiger partial charge < -0.3 is 19.4 Å². The van der Waals surface area contributed by atoms with Gasteiger partial charge in [-0.25, -0.2) is 8.42 Å². The van der Waals surface area contributed by atoms with Crippen LogP contribution in [0.3, 0.4) is 0 Å². The highest BCUT2D eigenvalue weighted by Gasteiger charge is 2.35. The molecule has 5 heterocycles. The molecule has 0 saturated carbocycles. The van der Waals surface area contributed by atoms with Gasteiger partial charge in [0.2, 0.25) is 15.9 Å². The van der Waals surface area contributed by atoms with Crippen LogP contribution in [0.5, 0.6) is 0 Å². The van der Waals surface area contributed by atoms with Crippen LogP contribution in [-0.2, 0) is 32.4 Å². The molecular weight excluding hydrogens is 456 g/mol. The molecule has 0 unspecified atom stereocenters. The smallest absolute Gasteiger partial charge is 0.243 e. The van der Waals surface area contributed by atoms with E-state index in [2.05, 4.69) is 20.0 Å². The number of benzene rings is 1. The zero-order valence-corrected chi connectivity index (χ0v) is 19.8. The topological polar surface area (TPSA) is 99.2 Å². The standard InChI is InChI=1S/C23H28N6O4S/c30-22-2-1-17-13-20(14-18-3-4-29(22)23(17)18)34(31,32)28-7-5-26(6-8-28)19-15-21(25-24-16-19)27-9-11-33-12-10-27/h13-16H,1-12H2. The number of nitrogens with zero attached hydrogens (tertiary/aromatic N) is 6. The highest BCUT2D eigenvalue weighted by molar-refractivity contribution is 7.89. The average Bonchev–Trinajstić information content (AvgIpc) is 3.32. The van der Waals surface area contributed by atoms with E-state index in [0.717, 1.165) is 41.4 Å². The van der Waals surface area contributed by atoms with Gasteiger partial charge in [0, 0.05) is 58.3 Å². The minimum Gasteiger partial charge on any atom is -0.378 e. The number of sulfonamides is 1. The third kappa shape index (κ3) is 3.71. The van der Waals surface area contributed by atoms with Gasteiger partial charge >= 0.3 is 0 Å². The number of piperazine rings is 1. The third-order valence-corrected chi connectivity index (χ3v) is 9.11. The van der Waals surface area contributed by atoms with Crippen LogP contribution in [0.4, 0.5) is 17.2 Å². The SMILES string of the molecule is O=C1CCc2cc(S(=O)(=O)N3CCN(c4cnnc(N5CCOCC5)c4)CC3)cc3c2N1CC3. The summed E-state index contributed by atoms with van der Waals surface area (Å²) in [6.07, 6.45) is 3.51. The number of anilines is 3. The maximum absolute atomic E-state index is 13.5. The van der Waals surface area contributed by atoms with Gasteiger partial charge in [-0.15, -0.1) is 5.10 Å². The van der Waals surface area contributed by atoms with E-state index in [-0.39, 0.29) is 5.91 Å². The molecule has 2 aromatic rings.